The summed E-state index contributed by atoms with van der Waals surface area (Å²) >= 11 is 0. The van der Waals surface area contributed by atoms with Gasteiger partial charge in [-0.25, -0.2) is 0 Å². The van der Waals surface area contributed by atoms with Gasteiger partial charge in [0.05, 0.1) is 17.4 Å². The van der Waals surface area contributed by atoms with E-state index in [1.165, 1.54) is 18.4 Å². The number of anilines is 1. The molecule has 0 aliphatic rings. The number of fused-ring (bicyclic) bond motifs is 1. The molecule has 6 nitrogen and oxygen atoms in total. The molecule has 0 spiro atoms. The van der Waals surface area contributed by atoms with E-state index in [0.717, 1.165) is 5.56 Å². The summed E-state index contributed by atoms with van der Waals surface area (Å²) in [6.45, 7) is 1.89. The number of rotatable bonds is 5. The molecule has 1 heterocycles. The summed E-state index contributed by atoms with van der Waals surface area (Å²) in [5.74, 6) is -1.33. The normalized spacial score (nSPS) is 11.0. The van der Waals surface area contributed by atoms with Crippen molar-refractivity contribution < 1.29 is 19.1 Å². The maximum Gasteiger partial charge on any atom is 0.307 e. The molecule has 1 aromatic heterocycles. The summed E-state index contributed by atoms with van der Waals surface area (Å²) in [6, 6.07) is 11.9. The number of aryl methyl sites for hydroxylation is 1. The highest BCUT2D eigenvalue weighted by Crippen LogP contribution is 2.14. The Morgan fingerprint density at radius 2 is 1.89 bits per heavy atom. The standard InChI is InChI=1S/C21H17NO5/c1-13-2-8-18-17(10-13)21(26)15(12-27-18)5-9-19(23)22-16-6-3-14(4-7-16)11-20(24)25/h2-10,12H,11H2,1H3,(H,22,23)(H,24,25)/b9-5+. The molecule has 27 heavy (non-hydrogen) atoms. The molecule has 0 saturated carbocycles. The number of nitrogens with one attached hydrogen (secondary N) is 1. The molecule has 2 aromatic carbocycles. The third-order valence-electron chi connectivity index (χ3n) is 3.95. The second-order valence-corrected chi connectivity index (χ2v) is 6.11. The summed E-state index contributed by atoms with van der Waals surface area (Å²) in [4.78, 5) is 35.2. The number of carbonyl (C=O) groups is 2. The van der Waals surface area contributed by atoms with Gasteiger partial charge in [0.2, 0.25) is 5.91 Å². The summed E-state index contributed by atoms with van der Waals surface area (Å²) in [6.07, 6.45) is 3.90. The van der Waals surface area contributed by atoms with Crippen LogP contribution in [0.15, 0.2) is 64.0 Å². The van der Waals surface area contributed by atoms with Gasteiger partial charge in [-0.1, -0.05) is 23.8 Å². The van der Waals surface area contributed by atoms with Gasteiger partial charge in [-0.15, -0.1) is 0 Å². The Labute approximate surface area is 154 Å². The van der Waals surface area contributed by atoms with E-state index in [1.807, 2.05) is 13.0 Å². The molecule has 0 unspecified atom stereocenters. The molecule has 0 radical (unpaired) electrons. The zero-order valence-electron chi connectivity index (χ0n) is 14.6. The van der Waals surface area contributed by atoms with Crippen molar-refractivity contribution in [2.75, 3.05) is 5.32 Å². The molecule has 0 aliphatic carbocycles. The first-order valence-electron chi connectivity index (χ1n) is 8.24. The van der Waals surface area contributed by atoms with Crippen molar-refractivity contribution in [3.8, 4) is 0 Å². The van der Waals surface area contributed by atoms with Crippen LogP contribution in [0.1, 0.15) is 16.7 Å². The van der Waals surface area contributed by atoms with Crippen LogP contribution in [-0.2, 0) is 16.0 Å². The largest absolute Gasteiger partial charge is 0.481 e. The van der Waals surface area contributed by atoms with Gasteiger partial charge < -0.3 is 14.8 Å². The lowest BCUT2D eigenvalue weighted by Crippen LogP contribution is -2.09. The van der Waals surface area contributed by atoms with E-state index in [2.05, 4.69) is 5.32 Å². The molecule has 1 amide bonds. The first-order chi connectivity index (χ1) is 12.9. The minimum atomic E-state index is -0.917. The number of carboxylic acids is 1. The van der Waals surface area contributed by atoms with Crippen molar-refractivity contribution in [2.24, 2.45) is 0 Å². The SMILES string of the molecule is Cc1ccc2occ(/C=C/C(=O)Nc3ccc(CC(=O)O)cc3)c(=O)c2c1. The van der Waals surface area contributed by atoms with Crippen molar-refractivity contribution in [1.29, 1.82) is 0 Å². The zero-order valence-corrected chi connectivity index (χ0v) is 14.6. The van der Waals surface area contributed by atoms with E-state index in [-0.39, 0.29) is 17.4 Å². The van der Waals surface area contributed by atoms with Gasteiger partial charge in [-0.2, -0.15) is 0 Å². The third-order valence-corrected chi connectivity index (χ3v) is 3.95. The molecule has 0 aliphatic heterocycles. The predicted molar refractivity (Wildman–Crippen MR) is 103 cm³/mol. The Morgan fingerprint density at radius 1 is 1.15 bits per heavy atom. The predicted octanol–water partition coefficient (Wildman–Crippen LogP) is 3.38. The van der Waals surface area contributed by atoms with Gasteiger partial charge in [0, 0.05) is 11.8 Å². The van der Waals surface area contributed by atoms with E-state index >= 15 is 0 Å². The van der Waals surface area contributed by atoms with Crippen molar-refractivity contribution >= 4 is 34.6 Å². The van der Waals surface area contributed by atoms with Crippen LogP contribution in [0.5, 0.6) is 0 Å². The van der Waals surface area contributed by atoms with E-state index in [0.29, 0.717) is 22.2 Å². The average molecular weight is 363 g/mol. The van der Waals surface area contributed by atoms with Gasteiger partial charge in [0.1, 0.15) is 11.8 Å². The van der Waals surface area contributed by atoms with Crippen LogP contribution in [0.25, 0.3) is 17.0 Å². The van der Waals surface area contributed by atoms with Crippen molar-refractivity contribution in [3.63, 3.8) is 0 Å². The lowest BCUT2D eigenvalue weighted by Gasteiger charge is -2.03. The first-order valence-corrected chi connectivity index (χ1v) is 8.24. The number of carbonyl (C=O) groups excluding carboxylic acids is 1. The van der Waals surface area contributed by atoms with Crippen molar-refractivity contribution in [3.05, 3.63) is 81.7 Å². The fraction of sp³-hybridized carbons (Fsp3) is 0.0952. The summed E-state index contributed by atoms with van der Waals surface area (Å²) in [5.41, 5.74) is 2.68. The van der Waals surface area contributed by atoms with E-state index < -0.39 is 11.9 Å². The van der Waals surface area contributed by atoms with Crippen molar-refractivity contribution in [2.45, 2.75) is 13.3 Å². The quantitative estimate of drug-likeness (QED) is 0.678. The summed E-state index contributed by atoms with van der Waals surface area (Å²) in [7, 11) is 0. The molecule has 3 aromatic rings. The van der Waals surface area contributed by atoms with Crippen LogP contribution in [0, 0.1) is 6.92 Å². The second-order valence-electron chi connectivity index (χ2n) is 6.11. The molecule has 0 saturated heterocycles. The molecular weight excluding hydrogens is 346 g/mol. The number of benzene rings is 2. The van der Waals surface area contributed by atoms with Crippen LogP contribution in [0.2, 0.25) is 0 Å². The van der Waals surface area contributed by atoms with Gasteiger partial charge in [0.25, 0.3) is 0 Å². The number of amides is 1. The van der Waals surface area contributed by atoms with E-state index in [1.54, 1.807) is 36.4 Å². The van der Waals surface area contributed by atoms with Crippen molar-refractivity contribution in [1.82, 2.24) is 0 Å². The molecule has 0 atom stereocenters. The Bertz CT molecular complexity index is 1090. The number of hydrogen-bond donors (Lipinski definition) is 2. The third kappa shape index (κ3) is 4.49. The van der Waals surface area contributed by atoms with Crippen LogP contribution >= 0.6 is 0 Å². The Hall–Kier alpha value is -3.67. The van der Waals surface area contributed by atoms with Crippen LogP contribution in [0.4, 0.5) is 5.69 Å². The van der Waals surface area contributed by atoms with Gasteiger partial charge in [-0.05, 0) is 42.8 Å². The molecular formula is C21H17NO5. The minimum absolute atomic E-state index is 0.0780. The van der Waals surface area contributed by atoms with E-state index in [4.69, 9.17) is 9.52 Å². The topological polar surface area (TPSA) is 96.6 Å². The smallest absolute Gasteiger partial charge is 0.307 e. The number of carboxylic acid groups (broad SMARTS) is 1. The molecule has 136 valence electrons. The Kier molecular flexibility index (Phi) is 5.17. The molecule has 0 bridgehead atoms. The fourth-order valence-electron chi connectivity index (χ4n) is 2.60. The highest BCUT2D eigenvalue weighted by molar-refractivity contribution is 6.02. The van der Waals surface area contributed by atoms with Gasteiger partial charge in [0.15, 0.2) is 5.43 Å². The molecule has 0 fully saturated rings. The number of hydrogen-bond acceptors (Lipinski definition) is 4. The molecule has 6 heteroatoms. The van der Waals surface area contributed by atoms with Crippen LogP contribution in [-0.4, -0.2) is 17.0 Å². The summed E-state index contributed by atoms with van der Waals surface area (Å²) in [5, 5.41) is 11.9. The molecule has 3 rings (SSSR count). The lowest BCUT2D eigenvalue weighted by molar-refractivity contribution is -0.136. The monoisotopic (exact) mass is 363 g/mol. The highest BCUT2D eigenvalue weighted by atomic mass is 16.4. The Balaban J connectivity index is 1.73. The number of aliphatic carboxylic acids is 1. The average Bonchev–Trinajstić information content (AvgIpc) is 2.63. The van der Waals surface area contributed by atoms with Crippen LogP contribution in [0.3, 0.4) is 0 Å². The highest BCUT2D eigenvalue weighted by Gasteiger charge is 2.06. The minimum Gasteiger partial charge on any atom is -0.481 e. The van der Waals surface area contributed by atoms with Gasteiger partial charge in [-0.3, -0.25) is 14.4 Å². The fourth-order valence-corrected chi connectivity index (χ4v) is 2.60. The zero-order chi connectivity index (χ0) is 19.4. The molecule has 2 N–H and O–H groups in total. The summed E-state index contributed by atoms with van der Waals surface area (Å²) < 4.78 is 5.44. The lowest BCUT2D eigenvalue weighted by atomic mass is 10.1. The maximum atomic E-state index is 12.5. The first kappa shape index (κ1) is 18.1. The van der Waals surface area contributed by atoms with E-state index in [9.17, 15) is 14.4 Å². The second kappa shape index (κ2) is 7.70. The van der Waals surface area contributed by atoms with Gasteiger partial charge >= 0.3 is 5.97 Å². The van der Waals surface area contributed by atoms with Crippen LogP contribution < -0.4 is 10.7 Å². The maximum absolute atomic E-state index is 12.5. The Morgan fingerprint density at radius 3 is 2.59 bits per heavy atom.